The Labute approximate surface area is 255 Å². The van der Waals surface area contributed by atoms with Crippen molar-refractivity contribution in [1.82, 2.24) is 19.9 Å². The zero-order valence-corrected chi connectivity index (χ0v) is 24.0. The van der Waals surface area contributed by atoms with Crippen molar-refractivity contribution in [3.05, 3.63) is 150 Å². The highest BCUT2D eigenvalue weighted by atomic mass is 14.8. The number of aromatic nitrogens is 4. The Morgan fingerprint density at radius 2 is 0.750 bits per heavy atom. The lowest BCUT2D eigenvalue weighted by Gasteiger charge is -2.06. The summed E-state index contributed by atoms with van der Waals surface area (Å²) in [6.45, 7) is 4.15. The molecule has 4 nitrogen and oxygen atoms in total. The molecular formula is C40H28N4. The van der Waals surface area contributed by atoms with E-state index in [1.54, 1.807) is 0 Å². The van der Waals surface area contributed by atoms with Gasteiger partial charge in [0.15, 0.2) is 0 Å². The molecule has 4 heteroatoms. The van der Waals surface area contributed by atoms with Gasteiger partial charge in [-0.1, -0.05) is 104 Å². The molecule has 2 N–H and O–H groups in total. The first kappa shape index (κ1) is 25.7. The third-order valence-electron chi connectivity index (χ3n) is 8.19. The molecule has 0 radical (unpaired) electrons. The van der Waals surface area contributed by atoms with E-state index < -0.39 is 0 Å². The number of hydrogen-bond donors (Lipinski definition) is 2. The molecule has 208 valence electrons. The maximum Gasteiger partial charge on any atom is 0.0737 e. The Bertz CT molecular complexity index is 2130. The van der Waals surface area contributed by atoms with Crippen LogP contribution in [0.2, 0.25) is 0 Å². The third kappa shape index (κ3) is 4.41. The summed E-state index contributed by atoms with van der Waals surface area (Å²) in [7, 11) is 0. The zero-order chi connectivity index (χ0) is 29.5. The lowest BCUT2D eigenvalue weighted by molar-refractivity contribution is 1.26. The second-order valence-corrected chi connectivity index (χ2v) is 10.8. The molecular weight excluding hydrogens is 536 g/mol. The second kappa shape index (κ2) is 10.7. The van der Waals surface area contributed by atoms with Crippen molar-refractivity contribution in [2.24, 2.45) is 0 Å². The molecule has 3 aromatic heterocycles. The number of nitrogens with one attached hydrogen (secondary N) is 2. The van der Waals surface area contributed by atoms with E-state index in [1.807, 2.05) is 24.3 Å². The van der Waals surface area contributed by atoms with Crippen LogP contribution in [0.25, 0.3) is 85.8 Å². The molecule has 3 aromatic carbocycles. The Hall–Kier alpha value is -6.00. The van der Waals surface area contributed by atoms with Crippen molar-refractivity contribution in [3.63, 3.8) is 0 Å². The quantitative estimate of drug-likeness (QED) is 0.223. The van der Waals surface area contributed by atoms with Gasteiger partial charge < -0.3 is 9.97 Å². The molecule has 0 spiro atoms. The summed E-state index contributed by atoms with van der Waals surface area (Å²) in [5.41, 5.74) is 14.8. The van der Waals surface area contributed by atoms with Gasteiger partial charge in [-0.2, -0.15) is 0 Å². The molecule has 5 heterocycles. The number of hydrogen-bond acceptors (Lipinski definition) is 2. The molecule has 2 aliphatic rings. The van der Waals surface area contributed by atoms with Crippen molar-refractivity contribution >= 4 is 52.4 Å². The standard InChI is InChI=1S/C40H28N4/c1-2-29-30-18-20-32(41-30)38(26-12-6-3-7-13-26)34-22-24-36(43-34)40(28-16-10-5-11-17-28)37-25-23-35(44-37)39(27-14-8-4-9-15-27)33-21-19-31(29)42-33/h2-25,43-44H,1H2. The summed E-state index contributed by atoms with van der Waals surface area (Å²) in [6.07, 6.45) is 10.2. The molecule has 0 aliphatic carbocycles. The number of benzene rings is 3. The maximum atomic E-state index is 5.16. The molecule has 0 amide bonds. The van der Waals surface area contributed by atoms with Crippen LogP contribution in [0.15, 0.2) is 122 Å². The summed E-state index contributed by atoms with van der Waals surface area (Å²) in [5, 5.41) is 0. The Morgan fingerprint density at radius 3 is 1.14 bits per heavy atom. The number of H-pyrrole nitrogens is 2. The van der Waals surface area contributed by atoms with E-state index in [1.165, 1.54) is 0 Å². The Balaban J connectivity index is 1.58. The maximum absolute atomic E-state index is 5.16. The first-order valence-corrected chi connectivity index (χ1v) is 14.7. The minimum Gasteiger partial charge on any atom is -0.354 e. The highest BCUT2D eigenvalue weighted by molar-refractivity contribution is 5.99. The number of nitrogens with zero attached hydrogens (tertiary/aromatic N) is 2. The van der Waals surface area contributed by atoms with Crippen LogP contribution in [0.3, 0.4) is 0 Å². The van der Waals surface area contributed by atoms with Crippen molar-refractivity contribution in [2.75, 3.05) is 0 Å². The summed E-state index contributed by atoms with van der Waals surface area (Å²) < 4.78 is 0. The predicted molar refractivity (Wildman–Crippen MR) is 185 cm³/mol. The van der Waals surface area contributed by atoms with Crippen molar-refractivity contribution in [3.8, 4) is 33.4 Å². The van der Waals surface area contributed by atoms with Crippen molar-refractivity contribution in [1.29, 1.82) is 0 Å². The van der Waals surface area contributed by atoms with Gasteiger partial charge in [0.05, 0.1) is 22.8 Å². The number of fused-ring (bicyclic) bond motifs is 8. The minimum atomic E-state index is 0.840. The minimum absolute atomic E-state index is 0.840. The first-order chi connectivity index (χ1) is 21.8. The van der Waals surface area contributed by atoms with E-state index in [2.05, 4.69) is 138 Å². The summed E-state index contributed by atoms with van der Waals surface area (Å²) in [4.78, 5) is 17.9. The van der Waals surface area contributed by atoms with Gasteiger partial charge in [0.1, 0.15) is 0 Å². The summed E-state index contributed by atoms with van der Waals surface area (Å²) in [5.74, 6) is 0. The van der Waals surface area contributed by atoms with Crippen molar-refractivity contribution < 1.29 is 0 Å². The largest absolute Gasteiger partial charge is 0.354 e. The topological polar surface area (TPSA) is 57.4 Å². The van der Waals surface area contributed by atoms with Crippen LogP contribution in [-0.4, -0.2) is 19.9 Å². The normalized spacial score (nSPS) is 12.0. The van der Waals surface area contributed by atoms with Gasteiger partial charge in [0, 0.05) is 44.3 Å². The van der Waals surface area contributed by atoms with Crippen LogP contribution in [0.1, 0.15) is 28.3 Å². The van der Waals surface area contributed by atoms with E-state index in [-0.39, 0.29) is 0 Å². The van der Waals surface area contributed by atoms with Crippen LogP contribution in [-0.2, 0) is 0 Å². The Morgan fingerprint density at radius 1 is 0.409 bits per heavy atom. The highest BCUT2D eigenvalue weighted by Crippen LogP contribution is 2.36. The monoisotopic (exact) mass is 564 g/mol. The average Bonchev–Trinajstić information content (AvgIpc) is 3.90. The van der Waals surface area contributed by atoms with E-state index in [0.29, 0.717) is 0 Å². The molecule has 44 heavy (non-hydrogen) atoms. The molecule has 8 bridgehead atoms. The first-order valence-electron chi connectivity index (χ1n) is 14.7. The highest BCUT2D eigenvalue weighted by Gasteiger charge is 2.17. The van der Waals surface area contributed by atoms with Crippen LogP contribution in [0.4, 0.5) is 0 Å². The molecule has 0 unspecified atom stereocenters. The van der Waals surface area contributed by atoms with Gasteiger partial charge >= 0.3 is 0 Å². The van der Waals surface area contributed by atoms with Gasteiger partial charge in [-0.15, -0.1) is 0 Å². The predicted octanol–water partition coefficient (Wildman–Crippen LogP) is 10.3. The third-order valence-corrected chi connectivity index (χ3v) is 8.19. The van der Waals surface area contributed by atoms with Crippen LogP contribution in [0, 0.1) is 0 Å². The lowest BCUT2D eigenvalue weighted by atomic mass is 10.0. The summed E-state index contributed by atoms with van der Waals surface area (Å²) >= 11 is 0. The fraction of sp³-hybridized carbons (Fsp3) is 0. The van der Waals surface area contributed by atoms with Crippen LogP contribution < -0.4 is 0 Å². The number of aromatic amines is 2. The smallest absolute Gasteiger partial charge is 0.0737 e. The van der Waals surface area contributed by atoms with Gasteiger partial charge in [-0.05, 0) is 65.3 Å². The van der Waals surface area contributed by atoms with Gasteiger partial charge in [0.25, 0.3) is 0 Å². The number of rotatable bonds is 4. The molecule has 0 saturated carbocycles. The van der Waals surface area contributed by atoms with E-state index in [0.717, 1.165) is 83.8 Å². The molecule has 6 aromatic rings. The molecule has 0 saturated heterocycles. The molecule has 8 rings (SSSR count). The fourth-order valence-electron chi connectivity index (χ4n) is 6.17. The van der Waals surface area contributed by atoms with E-state index in [4.69, 9.17) is 9.97 Å². The van der Waals surface area contributed by atoms with Crippen LogP contribution >= 0.6 is 0 Å². The zero-order valence-electron chi connectivity index (χ0n) is 24.0. The van der Waals surface area contributed by atoms with Gasteiger partial charge in [-0.3, -0.25) is 0 Å². The van der Waals surface area contributed by atoms with Crippen molar-refractivity contribution in [2.45, 2.75) is 0 Å². The molecule has 0 atom stereocenters. The van der Waals surface area contributed by atoms with E-state index >= 15 is 0 Å². The average molecular weight is 565 g/mol. The van der Waals surface area contributed by atoms with Gasteiger partial charge in [0.2, 0.25) is 0 Å². The van der Waals surface area contributed by atoms with Gasteiger partial charge in [-0.25, -0.2) is 9.97 Å². The molecule has 0 fully saturated rings. The summed E-state index contributed by atoms with van der Waals surface area (Å²) in [6, 6.07) is 40.0. The fourth-order valence-corrected chi connectivity index (χ4v) is 6.17. The SMILES string of the molecule is C=Cc1c2nc(c(-c3ccccc3)c3ccc([nH]3)c(-c3ccccc3)c3ccc([nH]3)c(-c3ccccc3)c3nc1C=C3)C=C2. The second-order valence-electron chi connectivity index (χ2n) is 10.8. The molecule has 2 aliphatic heterocycles. The Kier molecular flexibility index (Phi) is 6.24. The lowest BCUT2D eigenvalue weighted by Crippen LogP contribution is -1.89. The van der Waals surface area contributed by atoms with E-state index in [9.17, 15) is 0 Å². The van der Waals surface area contributed by atoms with Crippen LogP contribution in [0.5, 0.6) is 0 Å².